The number of halogens is 6. The Morgan fingerprint density at radius 3 is 2.47 bits per heavy atom. The summed E-state index contributed by atoms with van der Waals surface area (Å²) in [7, 11) is 0. The molecule has 0 radical (unpaired) electrons. The average molecular weight is 495 g/mol. The van der Waals surface area contributed by atoms with Gasteiger partial charge in [-0.05, 0) is 18.2 Å². The number of fused-ring (bicyclic) bond motifs is 1. The maximum absolute atomic E-state index is 13.5. The number of hydrogen-bond donors (Lipinski definition) is 0. The van der Waals surface area contributed by atoms with Crippen LogP contribution in [0.25, 0.3) is 16.9 Å². The molecule has 1 fully saturated rings. The molecule has 0 N–H and O–H groups in total. The molecule has 158 valence electrons. The van der Waals surface area contributed by atoms with Gasteiger partial charge in [0.15, 0.2) is 0 Å². The second-order valence-electron chi connectivity index (χ2n) is 6.65. The number of pyridine rings is 1. The first-order valence-electron chi connectivity index (χ1n) is 8.71. The van der Waals surface area contributed by atoms with E-state index in [2.05, 4.69) is 4.98 Å². The van der Waals surface area contributed by atoms with Gasteiger partial charge >= 0.3 is 6.18 Å². The molecule has 1 aliphatic rings. The minimum atomic E-state index is -4.61. The minimum absolute atomic E-state index is 0.125. The smallest absolute Gasteiger partial charge is 0.324 e. The Kier molecular flexibility index (Phi) is 5.63. The molecule has 0 bridgehead atoms. The molecule has 3 heterocycles. The van der Waals surface area contributed by atoms with E-state index in [0.29, 0.717) is 18.0 Å². The molecule has 0 spiro atoms. The summed E-state index contributed by atoms with van der Waals surface area (Å²) in [5, 5.41) is -0.145. The molecule has 0 aliphatic carbocycles. The van der Waals surface area contributed by atoms with Gasteiger partial charge in [-0.2, -0.15) is 13.2 Å². The van der Waals surface area contributed by atoms with Crippen molar-refractivity contribution in [1.82, 2.24) is 14.3 Å². The summed E-state index contributed by atoms with van der Waals surface area (Å²) >= 11 is 20.4. The fourth-order valence-corrected chi connectivity index (χ4v) is 5.58. The molecule has 1 aromatic carbocycles. The van der Waals surface area contributed by atoms with Crippen molar-refractivity contribution in [3.05, 3.63) is 56.8 Å². The molecule has 30 heavy (non-hydrogen) atoms. The van der Waals surface area contributed by atoms with E-state index in [-0.39, 0.29) is 37.9 Å². The van der Waals surface area contributed by atoms with Gasteiger partial charge in [0.25, 0.3) is 0 Å². The van der Waals surface area contributed by atoms with Crippen molar-refractivity contribution in [1.29, 1.82) is 0 Å². The Morgan fingerprint density at radius 2 is 1.87 bits per heavy atom. The van der Waals surface area contributed by atoms with Crippen molar-refractivity contribution >= 4 is 58.0 Å². The van der Waals surface area contributed by atoms with Crippen molar-refractivity contribution in [3.63, 3.8) is 0 Å². The number of thioether (sulfide) groups is 1. The third-order valence-corrected chi connectivity index (χ3v) is 6.89. The van der Waals surface area contributed by atoms with E-state index < -0.39 is 17.1 Å². The highest BCUT2D eigenvalue weighted by Gasteiger charge is 2.36. The minimum Gasteiger partial charge on any atom is -0.324 e. The molecule has 1 aliphatic heterocycles. The van der Waals surface area contributed by atoms with Crippen molar-refractivity contribution in [2.75, 3.05) is 12.3 Å². The monoisotopic (exact) mass is 493 g/mol. The predicted molar refractivity (Wildman–Crippen MR) is 113 cm³/mol. The predicted octanol–water partition coefficient (Wildman–Crippen LogP) is 6.57. The molecule has 1 atom stereocenters. The molecule has 11 heteroatoms. The van der Waals surface area contributed by atoms with Gasteiger partial charge in [0.2, 0.25) is 5.91 Å². The fraction of sp³-hybridized carbons (Fsp3) is 0.263. The summed E-state index contributed by atoms with van der Waals surface area (Å²) in [5.41, 5.74) is 0.0180. The molecule has 3 aromatic rings. The highest BCUT2D eigenvalue weighted by molar-refractivity contribution is 7.99. The number of aromatic nitrogens is 2. The maximum atomic E-state index is 13.5. The molecule has 1 amide bonds. The lowest BCUT2D eigenvalue weighted by molar-refractivity contribution is -0.137. The number of carbonyl (C=O) groups excluding carboxylic acids is 1. The van der Waals surface area contributed by atoms with E-state index in [1.54, 1.807) is 23.1 Å². The van der Waals surface area contributed by atoms with Gasteiger partial charge in [-0.15, -0.1) is 11.8 Å². The summed E-state index contributed by atoms with van der Waals surface area (Å²) in [6, 6.07) is 5.64. The maximum Gasteiger partial charge on any atom is 0.417 e. The van der Waals surface area contributed by atoms with E-state index in [1.807, 2.05) is 0 Å². The van der Waals surface area contributed by atoms with Crippen LogP contribution < -0.4 is 0 Å². The van der Waals surface area contributed by atoms with Crippen LogP contribution >= 0.6 is 46.6 Å². The quantitative estimate of drug-likeness (QED) is 0.404. The Morgan fingerprint density at radius 1 is 1.20 bits per heavy atom. The van der Waals surface area contributed by atoms with E-state index in [4.69, 9.17) is 34.8 Å². The molecule has 4 rings (SSSR count). The van der Waals surface area contributed by atoms with Gasteiger partial charge in [0.05, 0.1) is 31.7 Å². The number of imidazole rings is 1. The molecular weight excluding hydrogens is 482 g/mol. The van der Waals surface area contributed by atoms with E-state index in [1.165, 1.54) is 23.1 Å². The lowest BCUT2D eigenvalue weighted by Gasteiger charge is -2.21. The summed E-state index contributed by atoms with van der Waals surface area (Å²) in [6.07, 6.45) is -3.69. The van der Waals surface area contributed by atoms with Gasteiger partial charge in [-0.3, -0.25) is 9.20 Å². The summed E-state index contributed by atoms with van der Waals surface area (Å²) in [5.74, 6) is 0.634. The van der Waals surface area contributed by atoms with Crippen LogP contribution in [-0.4, -0.2) is 32.5 Å². The van der Waals surface area contributed by atoms with Crippen molar-refractivity contribution in [3.8, 4) is 11.4 Å². The van der Waals surface area contributed by atoms with Crippen LogP contribution in [0.1, 0.15) is 23.6 Å². The van der Waals surface area contributed by atoms with Crippen LogP contribution in [0.5, 0.6) is 0 Å². The van der Waals surface area contributed by atoms with Crippen LogP contribution in [0.4, 0.5) is 13.2 Å². The highest BCUT2D eigenvalue weighted by atomic mass is 35.5. The molecule has 1 saturated heterocycles. The second-order valence-corrected chi connectivity index (χ2v) is 9.06. The van der Waals surface area contributed by atoms with Gasteiger partial charge in [-0.25, -0.2) is 4.98 Å². The van der Waals surface area contributed by atoms with Crippen LogP contribution in [0, 0.1) is 0 Å². The van der Waals surface area contributed by atoms with Crippen LogP contribution in [-0.2, 0) is 11.0 Å². The Labute approximate surface area is 188 Å². The number of carbonyl (C=O) groups is 1. The summed E-state index contributed by atoms with van der Waals surface area (Å²) < 4.78 is 41.6. The number of nitrogens with zero attached hydrogens (tertiary/aromatic N) is 3. The van der Waals surface area contributed by atoms with Crippen LogP contribution in [0.3, 0.4) is 0 Å². The summed E-state index contributed by atoms with van der Waals surface area (Å²) in [4.78, 5) is 18.3. The van der Waals surface area contributed by atoms with Crippen LogP contribution in [0.2, 0.25) is 15.1 Å². The topological polar surface area (TPSA) is 37.6 Å². The van der Waals surface area contributed by atoms with Crippen molar-refractivity contribution in [2.45, 2.75) is 18.5 Å². The standard InChI is InChI=1S/C19H13Cl3F3N3OS/c1-9(29)27-5-6-30-18(27)15-16-13(22)7-10(19(23,24)25)8-28(16)17(26-15)14-11(20)3-2-4-12(14)21/h2-4,7-8,18H,5-6H2,1H3/t18-/m0/s1. The number of hydrogen-bond acceptors (Lipinski definition) is 3. The average Bonchev–Trinajstić information content (AvgIpc) is 3.26. The third kappa shape index (κ3) is 3.64. The largest absolute Gasteiger partial charge is 0.417 e. The second kappa shape index (κ2) is 7.82. The number of rotatable bonds is 2. The normalized spacial score (nSPS) is 17.2. The zero-order chi connectivity index (χ0) is 21.8. The third-order valence-electron chi connectivity index (χ3n) is 4.76. The number of alkyl halides is 3. The zero-order valence-corrected chi connectivity index (χ0v) is 18.4. The van der Waals surface area contributed by atoms with E-state index >= 15 is 0 Å². The summed E-state index contributed by atoms with van der Waals surface area (Å²) in [6.45, 7) is 1.94. The SMILES string of the molecule is CC(=O)N1CCS[C@H]1c1nc(-c2c(Cl)cccc2Cl)n2cc(C(F)(F)F)cc(Cl)c12. The first kappa shape index (κ1) is 21.6. The van der Waals surface area contributed by atoms with E-state index in [0.717, 1.165) is 12.3 Å². The first-order valence-corrected chi connectivity index (χ1v) is 10.9. The van der Waals surface area contributed by atoms with Crippen molar-refractivity contribution in [2.24, 2.45) is 0 Å². The Hall–Kier alpha value is -1.61. The van der Waals surface area contributed by atoms with Crippen LogP contribution in [0.15, 0.2) is 30.5 Å². The lowest BCUT2D eigenvalue weighted by atomic mass is 10.2. The molecule has 0 saturated carbocycles. The Balaban J connectivity index is 2.06. The molecule has 2 aromatic heterocycles. The zero-order valence-electron chi connectivity index (χ0n) is 15.3. The Bertz CT molecular complexity index is 1150. The molecule has 0 unspecified atom stereocenters. The number of amides is 1. The van der Waals surface area contributed by atoms with Crippen molar-refractivity contribution < 1.29 is 18.0 Å². The van der Waals surface area contributed by atoms with Gasteiger partial charge < -0.3 is 4.90 Å². The first-order chi connectivity index (χ1) is 14.1. The van der Waals surface area contributed by atoms with Gasteiger partial charge in [0, 0.05) is 25.4 Å². The van der Waals surface area contributed by atoms with Gasteiger partial charge in [-0.1, -0.05) is 40.9 Å². The fourth-order valence-electron chi connectivity index (χ4n) is 3.43. The highest BCUT2D eigenvalue weighted by Crippen LogP contribution is 2.45. The lowest BCUT2D eigenvalue weighted by Crippen LogP contribution is -2.28. The van der Waals surface area contributed by atoms with Gasteiger partial charge in [0.1, 0.15) is 16.9 Å². The number of benzene rings is 1. The molecule has 4 nitrogen and oxygen atoms in total. The van der Waals surface area contributed by atoms with E-state index in [9.17, 15) is 18.0 Å². The molecular formula is C19H13Cl3F3N3OS.